The summed E-state index contributed by atoms with van der Waals surface area (Å²) in [4.78, 5) is 13.3. The molecule has 1 saturated heterocycles. The summed E-state index contributed by atoms with van der Waals surface area (Å²) in [6.07, 6.45) is 0.846. The number of ether oxygens (including phenoxy) is 1. The van der Waals surface area contributed by atoms with E-state index < -0.39 is 0 Å². The number of hydrogen-bond donors (Lipinski definition) is 0. The summed E-state index contributed by atoms with van der Waals surface area (Å²) >= 11 is 7.46. The van der Waals surface area contributed by atoms with Gasteiger partial charge in [0.15, 0.2) is 0 Å². The lowest BCUT2D eigenvalue weighted by Gasteiger charge is -2.40. The standard InChI is InChI=1S/C9H10ClNO2S/c1-13-9(12)7-2-4-11(7)6-3-5-14-8(6)10/h3,5,7H,2,4H2,1H3. The number of halogens is 1. The van der Waals surface area contributed by atoms with Crippen molar-refractivity contribution in [1.29, 1.82) is 0 Å². The first-order valence-electron chi connectivity index (χ1n) is 4.31. The van der Waals surface area contributed by atoms with E-state index in [2.05, 4.69) is 0 Å². The van der Waals surface area contributed by atoms with Crippen molar-refractivity contribution in [3.63, 3.8) is 0 Å². The van der Waals surface area contributed by atoms with Gasteiger partial charge in [0.2, 0.25) is 0 Å². The van der Waals surface area contributed by atoms with Gasteiger partial charge in [0.25, 0.3) is 0 Å². The highest BCUT2D eigenvalue weighted by Crippen LogP contribution is 2.36. The van der Waals surface area contributed by atoms with Crippen LogP contribution >= 0.6 is 22.9 Å². The first kappa shape index (κ1) is 9.80. The van der Waals surface area contributed by atoms with E-state index in [1.54, 1.807) is 0 Å². The fourth-order valence-corrected chi connectivity index (χ4v) is 2.50. The van der Waals surface area contributed by atoms with Crippen molar-refractivity contribution in [2.24, 2.45) is 0 Å². The number of nitrogens with zero attached hydrogens (tertiary/aromatic N) is 1. The third-order valence-electron chi connectivity index (χ3n) is 2.40. The Morgan fingerprint density at radius 3 is 3.00 bits per heavy atom. The van der Waals surface area contributed by atoms with Gasteiger partial charge in [-0.15, -0.1) is 11.3 Å². The molecule has 1 atom stereocenters. The Morgan fingerprint density at radius 2 is 2.57 bits per heavy atom. The largest absolute Gasteiger partial charge is 0.467 e. The second kappa shape index (κ2) is 3.79. The van der Waals surface area contributed by atoms with Crippen LogP contribution in [0.25, 0.3) is 0 Å². The molecule has 14 heavy (non-hydrogen) atoms. The molecule has 1 fully saturated rings. The van der Waals surface area contributed by atoms with Crippen molar-refractivity contribution in [2.75, 3.05) is 18.6 Å². The molecule has 1 aliphatic heterocycles. The highest BCUT2D eigenvalue weighted by molar-refractivity contribution is 7.15. The molecule has 1 aliphatic rings. The van der Waals surface area contributed by atoms with Crippen LogP contribution < -0.4 is 4.90 Å². The molecule has 2 heterocycles. The van der Waals surface area contributed by atoms with E-state index in [4.69, 9.17) is 16.3 Å². The number of hydrogen-bond acceptors (Lipinski definition) is 4. The number of esters is 1. The van der Waals surface area contributed by atoms with Gasteiger partial charge in [-0.25, -0.2) is 4.79 Å². The number of methoxy groups -OCH3 is 1. The van der Waals surface area contributed by atoms with Crippen LogP contribution in [0.4, 0.5) is 5.69 Å². The minimum Gasteiger partial charge on any atom is -0.467 e. The fourth-order valence-electron chi connectivity index (χ4n) is 1.55. The smallest absolute Gasteiger partial charge is 0.328 e. The van der Waals surface area contributed by atoms with Crippen molar-refractivity contribution < 1.29 is 9.53 Å². The van der Waals surface area contributed by atoms with E-state index in [0.717, 1.165) is 23.0 Å². The maximum atomic E-state index is 11.3. The van der Waals surface area contributed by atoms with Crippen LogP contribution in [0.15, 0.2) is 11.4 Å². The zero-order valence-corrected chi connectivity index (χ0v) is 9.27. The van der Waals surface area contributed by atoms with E-state index in [1.165, 1.54) is 18.4 Å². The lowest BCUT2D eigenvalue weighted by Crippen LogP contribution is -2.53. The van der Waals surface area contributed by atoms with E-state index in [9.17, 15) is 4.79 Å². The van der Waals surface area contributed by atoms with Crippen molar-refractivity contribution in [1.82, 2.24) is 0 Å². The third-order valence-corrected chi connectivity index (χ3v) is 3.55. The van der Waals surface area contributed by atoms with E-state index >= 15 is 0 Å². The van der Waals surface area contributed by atoms with Crippen LogP contribution in [0.1, 0.15) is 6.42 Å². The van der Waals surface area contributed by atoms with Gasteiger partial charge < -0.3 is 9.64 Å². The average molecular weight is 232 g/mol. The highest BCUT2D eigenvalue weighted by Gasteiger charge is 2.36. The summed E-state index contributed by atoms with van der Waals surface area (Å²) in [6, 6.07) is 1.79. The Kier molecular flexibility index (Phi) is 2.65. The fraction of sp³-hybridized carbons (Fsp3) is 0.444. The van der Waals surface area contributed by atoms with E-state index in [0.29, 0.717) is 0 Å². The molecule has 0 N–H and O–H groups in total. The van der Waals surface area contributed by atoms with Crippen LogP contribution in [0.3, 0.4) is 0 Å². The predicted molar refractivity (Wildman–Crippen MR) is 57.1 cm³/mol. The van der Waals surface area contributed by atoms with Crippen molar-refractivity contribution in [3.8, 4) is 0 Å². The second-order valence-corrected chi connectivity index (χ2v) is 4.62. The number of thiophene rings is 1. The highest BCUT2D eigenvalue weighted by atomic mass is 35.5. The predicted octanol–water partition coefficient (Wildman–Crippen LogP) is 2.15. The first-order valence-corrected chi connectivity index (χ1v) is 5.57. The van der Waals surface area contributed by atoms with Gasteiger partial charge in [0, 0.05) is 6.54 Å². The van der Waals surface area contributed by atoms with Crippen LogP contribution in [-0.2, 0) is 9.53 Å². The first-order chi connectivity index (χ1) is 6.74. The normalized spacial score (nSPS) is 20.4. The topological polar surface area (TPSA) is 29.5 Å². The lowest BCUT2D eigenvalue weighted by molar-refractivity contribution is -0.143. The summed E-state index contributed by atoms with van der Waals surface area (Å²) in [5, 5.41) is 1.92. The van der Waals surface area contributed by atoms with Gasteiger partial charge in [-0.2, -0.15) is 0 Å². The van der Waals surface area contributed by atoms with Crippen LogP contribution in [0.2, 0.25) is 4.34 Å². The quantitative estimate of drug-likeness (QED) is 0.731. The molecule has 0 aliphatic carbocycles. The Morgan fingerprint density at radius 1 is 1.79 bits per heavy atom. The summed E-state index contributed by atoms with van der Waals surface area (Å²) in [5.41, 5.74) is 0.943. The van der Waals surface area contributed by atoms with Gasteiger partial charge in [0.05, 0.1) is 12.8 Å². The Bertz CT molecular complexity index is 352. The minimum absolute atomic E-state index is 0.146. The Balaban J connectivity index is 2.14. The Hall–Kier alpha value is -0.740. The molecule has 3 nitrogen and oxygen atoms in total. The molecule has 1 unspecified atom stereocenters. The lowest BCUT2D eigenvalue weighted by atomic mass is 10.0. The molecule has 0 spiro atoms. The molecule has 0 bridgehead atoms. The zero-order chi connectivity index (χ0) is 10.1. The summed E-state index contributed by atoms with van der Waals surface area (Å²) in [5.74, 6) is -0.182. The molecule has 0 saturated carbocycles. The third kappa shape index (κ3) is 1.48. The maximum absolute atomic E-state index is 11.3. The van der Waals surface area contributed by atoms with Gasteiger partial charge in [-0.1, -0.05) is 11.6 Å². The van der Waals surface area contributed by atoms with Crippen LogP contribution in [0, 0.1) is 0 Å². The van der Waals surface area contributed by atoms with E-state index in [-0.39, 0.29) is 12.0 Å². The molecule has 76 valence electrons. The summed E-state index contributed by atoms with van der Waals surface area (Å²) in [7, 11) is 1.41. The van der Waals surface area contributed by atoms with Gasteiger partial charge in [0.1, 0.15) is 10.4 Å². The minimum atomic E-state index is -0.182. The Labute approximate surface area is 91.2 Å². The average Bonchev–Trinajstić information content (AvgIpc) is 2.50. The molecule has 2 rings (SSSR count). The van der Waals surface area contributed by atoms with Crippen molar-refractivity contribution >= 4 is 34.6 Å². The van der Waals surface area contributed by atoms with E-state index in [1.807, 2.05) is 16.3 Å². The van der Waals surface area contributed by atoms with Crippen LogP contribution in [0.5, 0.6) is 0 Å². The SMILES string of the molecule is COC(=O)C1CCN1c1ccsc1Cl. The molecular weight excluding hydrogens is 222 g/mol. The van der Waals surface area contributed by atoms with Gasteiger partial charge in [-0.05, 0) is 17.9 Å². The monoisotopic (exact) mass is 231 g/mol. The number of rotatable bonds is 2. The molecule has 1 aromatic rings. The zero-order valence-electron chi connectivity index (χ0n) is 7.70. The maximum Gasteiger partial charge on any atom is 0.328 e. The molecule has 5 heteroatoms. The van der Waals surface area contributed by atoms with Gasteiger partial charge in [-0.3, -0.25) is 0 Å². The number of carbonyl (C=O) groups is 1. The molecule has 0 aromatic carbocycles. The van der Waals surface area contributed by atoms with Crippen LogP contribution in [-0.4, -0.2) is 25.7 Å². The molecular formula is C9H10ClNO2S. The van der Waals surface area contributed by atoms with Crippen molar-refractivity contribution in [2.45, 2.75) is 12.5 Å². The second-order valence-electron chi connectivity index (χ2n) is 3.10. The molecule has 1 aromatic heterocycles. The summed E-state index contributed by atoms with van der Waals surface area (Å²) in [6.45, 7) is 0.871. The summed E-state index contributed by atoms with van der Waals surface area (Å²) < 4.78 is 5.44. The van der Waals surface area contributed by atoms with Crippen molar-refractivity contribution in [3.05, 3.63) is 15.8 Å². The molecule has 0 amide bonds. The number of anilines is 1. The van der Waals surface area contributed by atoms with Gasteiger partial charge >= 0.3 is 5.97 Å². The molecule has 0 radical (unpaired) electrons. The number of carbonyl (C=O) groups excluding carboxylic acids is 1.